The predicted molar refractivity (Wildman–Crippen MR) is 45.6 cm³/mol. The van der Waals surface area contributed by atoms with E-state index in [0.717, 1.165) is 5.75 Å². The van der Waals surface area contributed by atoms with Crippen LogP contribution in [0.15, 0.2) is 0 Å². The molecular weight excluding hydrogens is 164 g/mol. The molecule has 1 atom stereocenters. The lowest BCUT2D eigenvalue weighted by atomic mass is 10.7. The van der Waals surface area contributed by atoms with Gasteiger partial charge in [0.1, 0.15) is 0 Å². The van der Waals surface area contributed by atoms with Crippen molar-refractivity contribution in [1.82, 2.24) is 0 Å². The van der Waals surface area contributed by atoms with E-state index in [9.17, 15) is 4.79 Å². The minimum Gasteiger partial charge on any atom is -0.436 e. The van der Waals surface area contributed by atoms with Gasteiger partial charge in [-0.05, 0) is 13.2 Å². The lowest BCUT2D eigenvalue weighted by Crippen LogP contribution is -2.17. The number of esters is 1. The normalized spacial score (nSPS) is 12.6. The van der Waals surface area contributed by atoms with Gasteiger partial charge in [-0.1, -0.05) is 0 Å². The minimum absolute atomic E-state index is 0.304. The topological polar surface area (TPSA) is 35.5 Å². The molecule has 0 bridgehead atoms. The summed E-state index contributed by atoms with van der Waals surface area (Å²) in [6, 6.07) is 0. The summed E-state index contributed by atoms with van der Waals surface area (Å²) in [5.41, 5.74) is 0. The first-order chi connectivity index (χ1) is 5.16. The Morgan fingerprint density at radius 3 is 2.73 bits per heavy atom. The van der Waals surface area contributed by atoms with Gasteiger partial charge in [-0.3, -0.25) is 4.79 Å². The molecule has 0 aromatic carbocycles. The summed E-state index contributed by atoms with van der Waals surface area (Å²) < 4.78 is 9.86. The first-order valence-corrected chi connectivity index (χ1v) is 4.84. The highest BCUT2D eigenvalue weighted by Crippen LogP contribution is 1.97. The number of rotatable bonds is 5. The van der Waals surface area contributed by atoms with Crippen molar-refractivity contribution in [3.63, 3.8) is 0 Å². The van der Waals surface area contributed by atoms with Gasteiger partial charge in [-0.15, -0.1) is 0 Å². The number of carbonyl (C=O) groups excluding carboxylic acids is 1. The van der Waals surface area contributed by atoms with E-state index >= 15 is 0 Å². The van der Waals surface area contributed by atoms with Gasteiger partial charge in [-0.2, -0.15) is 11.8 Å². The fourth-order valence-electron chi connectivity index (χ4n) is 0.565. The molecule has 0 aromatic rings. The maximum Gasteiger partial charge on any atom is 0.304 e. The van der Waals surface area contributed by atoms with E-state index in [1.807, 2.05) is 6.26 Å². The summed E-state index contributed by atoms with van der Waals surface area (Å²) in [4.78, 5) is 10.4. The van der Waals surface area contributed by atoms with Gasteiger partial charge in [0.15, 0.2) is 6.29 Å². The Bertz CT molecular complexity index is 116. The van der Waals surface area contributed by atoms with E-state index in [2.05, 4.69) is 0 Å². The summed E-state index contributed by atoms with van der Waals surface area (Å²) in [7, 11) is 0. The molecule has 0 aliphatic rings. The Balaban J connectivity index is 3.22. The van der Waals surface area contributed by atoms with Crippen molar-refractivity contribution in [2.75, 3.05) is 18.6 Å². The van der Waals surface area contributed by atoms with Crippen LogP contribution in [0.5, 0.6) is 0 Å². The smallest absolute Gasteiger partial charge is 0.304 e. The molecule has 0 N–H and O–H groups in total. The van der Waals surface area contributed by atoms with Crippen LogP contribution >= 0.6 is 11.8 Å². The monoisotopic (exact) mass is 178 g/mol. The third kappa shape index (κ3) is 7.68. The van der Waals surface area contributed by atoms with Gasteiger partial charge in [0, 0.05) is 12.7 Å². The van der Waals surface area contributed by atoms with E-state index < -0.39 is 6.29 Å². The Kier molecular flexibility index (Phi) is 6.36. The first-order valence-electron chi connectivity index (χ1n) is 3.44. The van der Waals surface area contributed by atoms with Crippen molar-refractivity contribution < 1.29 is 14.3 Å². The largest absolute Gasteiger partial charge is 0.436 e. The second-order valence-electron chi connectivity index (χ2n) is 2.04. The van der Waals surface area contributed by atoms with Crippen LogP contribution in [0.4, 0.5) is 0 Å². The van der Waals surface area contributed by atoms with Gasteiger partial charge >= 0.3 is 5.97 Å². The zero-order valence-corrected chi connectivity index (χ0v) is 7.94. The number of hydrogen-bond acceptors (Lipinski definition) is 4. The zero-order chi connectivity index (χ0) is 8.69. The van der Waals surface area contributed by atoms with Gasteiger partial charge in [0.2, 0.25) is 0 Å². The predicted octanol–water partition coefficient (Wildman–Crippen LogP) is 1.28. The molecule has 1 unspecified atom stereocenters. The SMILES string of the molecule is CSCCOC(C)OC(C)=O. The summed E-state index contributed by atoms with van der Waals surface area (Å²) in [6.07, 6.45) is 1.58. The minimum atomic E-state index is -0.417. The van der Waals surface area contributed by atoms with Gasteiger partial charge in [0.05, 0.1) is 6.61 Å². The second kappa shape index (κ2) is 6.49. The van der Waals surface area contributed by atoms with Crippen molar-refractivity contribution in [1.29, 1.82) is 0 Å². The molecule has 0 spiro atoms. The fourth-order valence-corrected chi connectivity index (χ4v) is 0.828. The van der Waals surface area contributed by atoms with Crippen molar-refractivity contribution in [3.8, 4) is 0 Å². The van der Waals surface area contributed by atoms with Gasteiger partial charge in [-0.25, -0.2) is 0 Å². The molecular formula is C7H14O3S. The highest BCUT2D eigenvalue weighted by atomic mass is 32.2. The van der Waals surface area contributed by atoms with Crippen LogP contribution < -0.4 is 0 Å². The Hall–Kier alpha value is -0.220. The molecule has 4 heteroatoms. The number of thioether (sulfide) groups is 1. The van der Waals surface area contributed by atoms with Crippen LogP contribution in [0.1, 0.15) is 13.8 Å². The maximum absolute atomic E-state index is 10.4. The standard InChI is InChI=1S/C7H14O3S/c1-6(8)10-7(2)9-4-5-11-3/h7H,4-5H2,1-3H3. The molecule has 0 rings (SSSR count). The van der Waals surface area contributed by atoms with Crippen LogP contribution in [0, 0.1) is 0 Å². The van der Waals surface area contributed by atoms with Gasteiger partial charge in [0.25, 0.3) is 0 Å². The highest BCUT2D eigenvalue weighted by molar-refractivity contribution is 7.98. The van der Waals surface area contributed by atoms with Crippen LogP contribution in [0.25, 0.3) is 0 Å². The molecule has 0 fully saturated rings. The van der Waals surface area contributed by atoms with E-state index in [0.29, 0.717) is 6.61 Å². The van der Waals surface area contributed by atoms with E-state index in [-0.39, 0.29) is 5.97 Å². The summed E-state index contributed by atoms with van der Waals surface area (Å²) in [5.74, 6) is 0.618. The van der Waals surface area contributed by atoms with Gasteiger partial charge < -0.3 is 9.47 Å². The molecule has 0 aliphatic heterocycles. The highest BCUT2D eigenvalue weighted by Gasteiger charge is 2.03. The summed E-state index contributed by atoms with van der Waals surface area (Å²) in [5, 5.41) is 0. The van der Waals surface area contributed by atoms with Crippen LogP contribution in [0.3, 0.4) is 0 Å². The summed E-state index contributed by atoms with van der Waals surface area (Å²) >= 11 is 1.70. The van der Waals surface area contributed by atoms with E-state index in [1.54, 1.807) is 18.7 Å². The lowest BCUT2D eigenvalue weighted by molar-refractivity contribution is -0.170. The molecule has 0 aliphatic carbocycles. The third-order valence-corrected chi connectivity index (χ3v) is 1.55. The average Bonchev–Trinajstić information content (AvgIpc) is 1.86. The number of hydrogen-bond donors (Lipinski definition) is 0. The average molecular weight is 178 g/mol. The van der Waals surface area contributed by atoms with Crippen molar-refractivity contribution in [3.05, 3.63) is 0 Å². The Morgan fingerprint density at radius 2 is 2.27 bits per heavy atom. The van der Waals surface area contributed by atoms with Crippen molar-refractivity contribution in [2.24, 2.45) is 0 Å². The number of ether oxygens (including phenoxy) is 2. The molecule has 0 radical (unpaired) electrons. The molecule has 0 heterocycles. The Morgan fingerprint density at radius 1 is 1.64 bits per heavy atom. The third-order valence-electron chi connectivity index (χ3n) is 0.972. The second-order valence-corrected chi connectivity index (χ2v) is 3.03. The molecule has 0 amide bonds. The molecule has 11 heavy (non-hydrogen) atoms. The van der Waals surface area contributed by atoms with Crippen molar-refractivity contribution >= 4 is 17.7 Å². The van der Waals surface area contributed by atoms with E-state index in [1.165, 1.54) is 6.92 Å². The number of carbonyl (C=O) groups is 1. The van der Waals surface area contributed by atoms with Crippen LogP contribution in [-0.4, -0.2) is 30.9 Å². The summed E-state index contributed by atoms with van der Waals surface area (Å²) in [6.45, 7) is 3.70. The fraction of sp³-hybridized carbons (Fsp3) is 0.857. The van der Waals surface area contributed by atoms with Crippen LogP contribution in [-0.2, 0) is 14.3 Å². The molecule has 0 saturated heterocycles. The van der Waals surface area contributed by atoms with E-state index in [4.69, 9.17) is 9.47 Å². The quantitative estimate of drug-likeness (QED) is 0.361. The Labute approximate surface area is 71.4 Å². The molecule has 0 aromatic heterocycles. The van der Waals surface area contributed by atoms with Crippen molar-refractivity contribution in [2.45, 2.75) is 20.1 Å². The first kappa shape index (κ1) is 10.8. The van der Waals surface area contributed by atoms with Crippen LogP contribution in [0.2, 0.25) is 0 Å². The molecule has 3 nitrogen and oxygen atoms in total. The molecule has 66 valence electrons. The lowest BCUT2D eigenvalue weighted by Gasteiger charge is -2.11. The zero-order valence-electron chi connectivity index (χ0n) is 7.12. The maximum atomic E-state index is 10.4. The molecule has 0 saturated carbocycles.